The summed E-state index contributed by atoms with van der Waals surface area (Å²) < 4.78 is 39.9. The molecule has 1 rings (SSSR count). The summed E-state index contributed by atoms with van der Waals surface area (Å²) in [5.74, 6) is -1.59. The Hall–Kier alpha value is -1.31. The Morgan fingerprint density at radius 1 is 1.19 bits per heavy atom. The zero-order valence-corrected chi connectivity index (χ0v) is 11.7. The van der Waals surface area contributed by atoms with Crippen LogP contribution < -0.4 is 5.32 Å². The highest BCUT2D eigenvalue weighted by atomic mass is 19.4. The largest absolute Gasteiger partial charge is 0.481 e. The van der Waals surface area contributed by atoms with Crippen LogP contribution in [0, 0.1) is 5.41 Å². The highest BCUT2D eigenvalue weighted by molar-refractivity contribution is 5.77. The van der Waals surface area contributed by atoms with Gasteiger partial charge in [-0.05, 0) is 18.3 Å². The van der Waals surface area contributed by atoms with Gasteiger partial charge in [0.05, 0.1) is 6.42 Å². The minimum absolute atomic E-state index is 0.0450. The maximum Gasteiger partial charge on any atom is 0.411 e. The van der Waals surface area contributed by atoms with Crippen molar-refractivity contribution in [2.45, 2.75) is 44.7 Å². The third kappa shape index (κ3) is 7.31. The van der Waals surface area contributed by atoms with Gasteiger partial charge in [0.1, 0.15) is 13.2 Å². The molecule has 5 nitrogen and oxygen atoms in total. The number of hydrogen-bond acceptors (Lipinski definition) is 3. The summed E-state index contributed by atoms with van der Waals surface area (Å²) in [5, 5.41) is 11.5. The number of halogens is 3. The number of alkyl halides is 3. The van der Waals surface area contributed by atoms with Crippen LogP contribution in [-0.2, 0) is 14.3 Å². The van der Waals surface area contributed by atoms with E-state index >= 15 is 0 Å². The van der Waals surface area contributed by atoms with Crippen LogP contribution in [0.15, 0.2) is 0 Å². The molecule has 21 heavy (non-hydrogen) atoms. The molecule has 0 aromatic rings. The average molecular weight is 311 g/mol. The number of carboxylic acid groups (broad SMARTS) is 1. The Morgan fingerprint density at radius 2 is 1.81 bits per heavy atom. The van der Waals surface area contributed by atoms with Crippen molar-refractivity contribution in [2.75, 3.05) is 19.8 Å². The predicted octanol–water partition coefficient (Wildman–Crippen LogP) is 2.11. The van der Waals surface area contributed by atoms with E-state index in [4.69, 9.17) is 5.11 Å². The molecular formula is C13H20F3NO4. The quantitative estimate of drug-likeness (QED) is 0.755. The summed E-state index contributed by atoms with van der Waals surface area (Å²) in [4.78, 5) is 22.4. The molecule has 0 aromatic carbocycles. The minimum Gasteiger partial charge on any atom is -0.481 e. The van der Waals surface area contributed by atoms with Gasteiger partial charge >= 0.3 is 12.1 Å². The molecule has 0 unspecified atom stereocenters. The minimum atomic E-state index is -4.46. The van der Waals surface area contributed by atoms with Gasteiger partial charge in [-0.3, -0.25) is 9.59 Å². The Morgan fingerprint density at radius 3 is 2.33 bits per heavy atom. The van der Waals surface area contributed by atoms with Crippen molar-refractivity contribution >= 4 is 11.9 Å². The first-order chi connectivity index (χ1) is 9.72. The Labute approximate surface area is 120 Å². The van der Waals surface area contributed by atoms with Gasteiger partial charge in [-0.2, -0.15) is 13.2 Å². The van der Waals surface area contributed by atoms with Gasteiger partial charge in [-0.1, -0.05) is 19.3 Å². The molecule has 0 aromatic heterocycles. The number of ether oxygens (including phenoxy) is 1. The van der Waals surface area contributed by atoms with Crippen molar-refractivity contribution in [1.82, 2.24) is 5.32 Å². The summed E-state index contributed by atoms with van der Waals surface area (Å²) in [6.07, 6.45) is -0.289. The number of carbonyl (C=O) groups excluding carboxylic acids is 1. The van der Waals surface area contributed by atoms with Crippen LogP contribution in [0.25, 0.3) is 0 Å². The van der Waals surface area contributed by atoms with Crippen LogP contribution in [-0.4, -0.2) is 42.9 Å². The number of carbonyl (C=O) groups is 2. The first-order valence-electron chi connectivity index (χ1n) is 6.85. The van der Waals surface area contributed by atoms with E-state index in [1.54, 1.807) is 0 Å². The van der Waals surface area contributed by atoms with Crippen molar-refractivity contribution in [2.24, 2.45) is 5.41 Å². The first-order valence-corrected chi connectivity index (χ1v) is 6.85. The third-order valence-corrected chi connectivity index (χ3v) is 3.60. The number of carboxylic acids is 1. The maximum atomic E-state index is 11.9. The number of hydrogen-bond donors (Lipinski definition) is 2. The predicted molar refractivity (Wildman–Crippen MR) is 67.7 cm³/mol. The first kappa shape index (κ1) is 17.7. The molecule has 122 valence electrons. The zero-order chi connectivity index (χ0) is 15.9. The molecule has 1 saturated carbocycles. The van der Waals surface area contributed by atoms with Gasteiger partial charge in [0, 0.05) is 6.54 Å². The molecule has 0 bridgehead atoms. The molecule has 1 aliphatic rings. The van der Waals surface area contributed by atoms with E-state index in [-0.39, 0.29) is 13.0 Å². The molecular weight excluding hydrogens is 291 g/mol. The molecule has 0 spiro atoms. The average Bonchev–Trinajstić information content (AvgIpc) is 2.35. The molecule has 8 heteroatoms. The van der Waals surface area contributed by atoms with Crippen LogP contribution in [0.2, 0.25) is 0 Å². The summed E-state index contributed by atoms with van der Waals surface area (Å²) in [6, 6.07) is 0. The second kappa shape index (κ2) is 7.63. The summed E-state index contributed by atoms with van der Waals surface area (Å²) in [6.45, 7) is -1.99. The van der Waals surface area contributed by atoms with E-state index in [1.807, 2.05) is 0 Å². The summed E-state index contributed by atoms with van der Waals surface area (Å²) in [7, 11) is 0. The SMILES string of the molecule is O=C(O)CC1(CNC(=O)COCC(F)(F)F)CCCCC1. The Bertz CT molecular complexity index is 365. The molecule has 1 amide bonds. The lowest BCUT2D eigenvalue weighted by atomic mass is 9.71. The highest BCUT2D eigenvalue weighted by Crippen LogP contribution is 2.38. The van der Waals surface area contributed by atoms with E-state index < -0.39 is 36.7 Å². The summed E-state index contributed by atoms with van der Waals surface area (Å²) in [5.41, 5.74) is -0.496. The fraction of sp³-hybridized carbons (Fsp3) is 0.846. The van der Waals surface area contributed by atoms with Gasteiger partial charge < -0.3 is 15.2 Å². The molecule has 1 aliphatic carbocycles. The third-order valence-electron chi connectivity index (χ3n) is 3.60. The van der Waals surface area contributed by atoms with Gasteiger partial charge in [0.25, 0.3) is 0 Å². The van der Waals surface area contributed by atoms with Crippen molar-refractivity contribution in [3.63, 3.8) is 0 Å². The molecule has 0 heterocycles. The lowest BCUT2D eigenvalue weighted by Crippen LogP contribution is -2.41. The Balaban J connectivity index is 2.38. The van der Waals surface area contributed by atoms with Crippen molar-refractivity contribution in [3.8, 4) is 0 Å². The monoisotopic (exact) mass is 311 g/mol. The number of nitrogens with one attached hydrogen (secondary N) is 1. The van der Waals surface area contributed by atoms with Gasteiger partial charge in [0.2, 0.25) is 5.91 Å². The van der Waals surface area contributed by atoms with E-state index in [2.05, 4.69) is 10.1 Å². The van der Waals surface area contributed by atoms with Gasteiger partial charge in [-0.15, -0.1) is 0 Å². The van der Waals surface area contributed by atoms with Crippen LogP contribution in [0.4, 0.5) is 13.2 Å². The van der Waals surface area contributed by atoms with Crippen LogP contribution in [0.1, 0.15) is 38.5 Å². The number of rotatable bonds is 7. The van der Waals surface area contributed by atoms with Crippen LogP contribution >= 0.6 is 0 Å². The number of amides is 1. The molecule has 0 atom stereocenters. The van der Waals surface area contributed by atoms with Crippen molar-refractivity contribution < 1.29 is 32.6 Å². The van der Waals surface area contributed by atoms with E-state index in [9.17, 15) is 22.8 Å². The van der Waals surface area contributed by atoms with Gasteiger partial charge in [0.15, 0.2) is 0 Å². The number of aliphatic carboxylic acids is 1. The standard InChI is InChI=1S/C13H20F3NO4/c14-13(15,16)9-21-7-10(18)17-8-12(6-11(19)20)4-2-1-3-5-12/h1-9H2,(H,17,18)(H,19,20). The lowest BCUT2D eigenvalue weighted by Gasteiger charge is -2.36. The smallest absolute Gasteiger partial charge is 0.411 e. The second-order valence-corrected chi connectivity index (χ2v) is 5.52. The lowest BCUT2D eigenvalue weighted by molar-refractivity contribution is -0.175. The highest BCUT2D eigenvalue weighted by Gasteiger charge is 2.35. The molecule has 0 radical (unpaired) electrons. The van der Waals surface area contributed by atoms with Crippen LogP contribution in [0.5, 0.6) is 0 Å². The maximum absolute atomic E-state index is 11.9. The fourth-order valence-corrected chi connectivity index (χ4v) is 2.64. The van der Waals surface area contributed by atoms with E-state index in [1.165, 1.54) is 0 Å². The summed E-state index contributed by atoms with van der Waals surface area (Å²) >= 11 is 0. The second-order valence-electron chi connectivity index (χ2n) is 5.52. The topological polar surface area (TPSA) is 75.6 Å². The normalized spacial score (nSPS) is 18.2. The van der Waals surface area contributed by atoms with E-state index in [0.29, 0.717) is 12.8 Å². The fourth-order valence-electron chi connectivity index (χ4n) is 2.64. The Kier molecular flexibility index (Phi) is 6.44. The van der Waals surface area contributed by atoms with Crippen molar-refractivity contribution in [1.29, 1.82) is 0 Å². The van der Waals surface area contributed by atoms with E-state index in [0.717, 1.165) is 19.3 Å². The zero-order valence-electron chi connectivity index (χ0n) is 11.7. The van der Waals surface area contributed by atoms with Gasteiger partial charge in [-0.25, -0.2) is 0 Å². The molecule has 0 saturated heterocycles. The molecule has 0 aliphatic heterocycles. The molecule has 2 N–H and O–H groups in total. The van der Waals surface area contributed by atoms with Crippen LogP contribution in [0.3, 0.4) is 0 Å². The van der Waals surface area contributed by atoms with Crippen molar-refractivity contribution in [3.05, 3.63) is 0 Å². The molecule has 1 fully saturated rings.